The van der Waals surface area contributed by atoms with Crippen LogP contribution in [-0.2, 0) is 16.1 Å². The summed E-state index contributed by atoms with van der Waals surface area (Å²) in [4.78, 5) is 24.2. The highest BCUT2D eigenvalue weighted by Crippen LogP contribution is 2.11. The lowest BCUT2D eigenvalue weighted by molar-refractivity contribution is -0.130. The van der Waals surface area contributed by atoms with Crippen LogP contribution < -0.4 is 0 Å². The summed E-state index contributed by atoms with van der Waals surface area (Å²) in [5.41, 5.74) is 0. The van der Waals surface area contributed by atoms with Crippen LogP contribution >= 0.6 is 12.6 Å². The normalized spacial score (nSPS) is 10.1. The highest BCUT2D eigenvalue weighted by atomic mass is 32.1. The van der Waals surface area contributed by atoms with Gasteiger partial charge >= 0.3 is 5.97 Å². The third-order valence-electron chi connectivity index (χ3n) is 2.19. The van der Waals surface area contributed by atoms with Gasteiger partial charge in [0, 0.05) is 13.5 Å². The number of ether oxygens (including phenoxy) is 1. The molecule has 0 spiro atoms. The van der Waals surface area contributed by atoms with Gasteiger partial charge in [-0.05, 0) is 17.9 Å². The Kier molecular flexibility index (Phi) is 5.09. The molecule has 0 aliphatic rings. The van der Waals surface area contributed by atoms with Gasteiger partial charge in [-0.15, -0.1) is 0 Å². The largest absolute Gasteiger partial charge is 0.463 e. The van der Waals surface area contributed by atoms with E-state index in [1.807, 2.05) is 0 Å². The van der Waals surface area contributed by atoms with E-state index in [-0.39, 0.29) is 11.7 Å². The Morgan fingerprint density at radius 1 is 1.47 bits per heavy atom. The van der Waals surface area contributed by atoms with Crippen molar-refractivity contribution in [1.82, 2.24) is 4.90 Å². The molecule has 1 rings (SSSR count). The number of methoxy groups -OCH3 is 1. The van der Waals surface area contributed by atoms with Gasteiger partial charge in [-0.1, -0.05) is 0 Å². The van der Waals surface area contributed by atoms with Crippen molar-refractivity contribution in [2.45, 2.75) is 13.0 Å². The summed E-state index contributed by atoms with van der Waals surface area (Å²) in [7, 11) is 2.96. The van der Waals surface area contributed by atoms with E-state index < -0.39 is 5.97 Å². The molecule has 0 atom stereocenters. The molecular formula is C11H15NO4S. The maximum Gasteiger partial charge on any atom is 0.373 e. The lowest BCUT2D eigenvalue weighted by Crippen LogP contribution is -2.26. The quantitative estimate of drug-likeness (QED) is 0.639. The van der Waals surface area contributed by atoms with Crippen LogP contribution in [0.5, 0.6) is 0 Å². The predicted molar refractivity (Wildman–Crippen MR) is 65.0 cm³/mol. The van der Waals surface area contributed by atoms with Gasteiger partial charge < -0.3 is 14.1 Å². The van der Waals surface area contributed by atoms with E-state index >= 15 is 0 Å². The second-order valence-electron chi connectivity index (χ2n) is 3.48. The molecule has 0 aromatic carbocycles. The number of carbonyl (C=O) groups excluding carboxylic acids is 2. The molecule has 1 aromatic rings. The van der Waals surface area contributed by atoms with Crippen molar-refractivity contribution >= 4 is 24.5 Å². The van der Waals surface area contributed by atoms with Gasteiger partial charge in [0.2, 0.25) is 11.7 Å². The zero-order valence-corrected chi connectivity index (χ0v) is 10.7. The Morgan fingerprint density at radius 3 is 2.76 bits per heavy atom. The van der Waals surface area contributed by atoms with Crippen LogP contribution in [0.4, 0.5) is 0 Å². The van der Waals surface area contributed by atoms with Gasteiger partial charge in [-0.2, -0.15) is 12.6 Å². The summed E-state index contributed by atoms with van der Waals surface area (Å²) in [6.45, 7) is 0.323. The number of nitrogens with zero attached hydrogens (tertiary/aromatic N) is 1. The molecule has 5 nitrogen and oxygen atoms in total. The predicted octanol–water partition coefficient (Wildman–Crippen LogP) is 1.34. The van der Waals surface area contributed by atoms with E-state index in [9.17, 15) is 9.59 Å². The lowest BCUT2D eigenvalue weighted by atomic mass is 10.3. The standard InChI is InChI=1S/C11H15NO4S/c1-12(10(13)5-6-17)7-8-3-4-9(16-8)11(14)15-2/h3-4,17H,5-7H2,1-2H3. The van der Waals surface area contributed by atoms with Crippen LogP contribution in [0.15, 0.2) is 16.5 Å². The van der Waals surface area contributed by atoms with E-state index in [2.05, 4.69) is 17.4 Å². The summed E-state index contributed by atoms with van der Waals surface area (Å²) >= 11 is 3.99. The van der Waals surface area contributed by atoms with Crippen LogP contribution in [0.3, 0.4) is 0 Å². The van der Waals surface area contributed by atoms with Gasteiger partial charge in [0.1, 0.15) is 5.76 Å². The molecule has 0 saturated heterocycles. The highest BCUT2D eigenvalue weighted by molar-refractivity contribution is 7.80. The molecular weight excluding hydrogens is 242 g/mol. The van der Waals surface area contributed by atoms with Gasteiger partial charge in [0.25, 0.3) is 0 Å². The van der Waals surface area contributed by atoms with Crippen molar-refractivity contribution in [1.29, 1.82) is 0 Å². The summed E-state index contributed by atoms with van der Waals surface area (Å²) in [5.74, 6) is 0.643. The van der Waals surface area contributed by atoms with E-state index in [1.54, 1.807) is 13.1 Å². The van der Waals surface area contributed by atoms with E-state index in [0.29, 0.717) is 24.5 Å². The van der Waals surface area contributed by atoms with Crippen LogP contribution in [0, 0.1) is 0 Å². The van der Waals surface area contributed by atoms with Gasteiger partial charge in [0.15, 0.2) is 0 Å². The number of hydrogen-bond donors (Lipinski definition) is 1. The van der Waals surface area contributed by atoms with Gasteiger partial charge in [-0.25, -0.2) is 4.79 Å². The zero-order valence-electron chi connectivity index (χ0n) is 9.80. The second-order valence-corrected chi connectivity index (χ2v) is 3.93. The summed E-state index contributed by atoms with van der Waals surface area (Å²) in [5, 5.41) is 0. The van der Waals surface area contributed by atoms with E-state index in [4.69, 9.17) is 4.42 Å². The first kappa shape index (κ1) is 13.6. The fraction of sp³-hybridized carbons (Fsp3) is 0.455. The van der Waals surface area contributed by atoms with Gasteiger partial charge in [0.05, 0.1) is 13.7 Å². The molecule has 6 heteroatoms. The molecule has 0 N–H and O–H groups in total. The van der Waals surface area contributed by atoms with E-state index in [0.717, 1.165) is 0 Å². The maximum atomic E-state index is 11.5. The molecule has 0 unspecified atom stereocenters. The molecule has 0 aliphatic carbocycles. The Hall–Kier alpha value is -1.43. The SMILES string of the molecule is COC(=O)c1ccc(CN(C)C(=O)CCS)o1. The van der Waals surface area contributed by atoms with Crippen molar-refractivity contribution < 1.29 is 18.7 Å². The molecule has 1 aromatic heterocycles. The summed E-state index contributed by atoms with van der Waals surface area (Å²) in [6, 6.07) is 3.18. The third-order valence-corrected chi connectivity index (χ3v) is 2.42. The molecule has 0 radical (unpaired) electrons. The Balaban J connectivity index is 2.60. The van der Waals surface area contributed by atoms with Crippen molar-refractivity contribution in [3.05, 3.63) is 23.7 Å². The number of rotatable bonds is 5. The van der Waals surface area contributed by atoms with Crippen LogP contribution in [0.2, 0.25) is 0 Å². The first-order valence-electron chi connectivity index (χ1n) is 5.10. The molecule has 0 fully saturated rings. The average Bonchev–Trinajstić information content (AvgIpc) is 2.76. The van der Waals surface area contributed by atoms with Crippen LogP contribution in [0.25, 0.3) is 0 Å². The smallest absolute Gasteiger partial charge is 0.373 e. The summed E-state index contributed by atoms with van der Waals surface area (Å²) < 4.78 is 9.77. The minimum absolute atomic E-state index is 0.0176. The van der Waals surface area contributed by atoms with Crippen molar-refractivity contribution in [3.8, 4) is 0 Å². The molecule has 1 heterocycles. The Labute approximate surface area is 105 Å². The maximum absolute atomic E-state index is 11.5. The number of hydrogen-bond acceptors (Lipinski definition) is 5. The topological polar surface area (TPSA) is 59.8 Å². The summed E-state index contributed by atoms with van der Waals surface area (Å²) in [6.07, 6.45) is 0.379. The minimum Gasteiger partial charge on any atom is -0.463 e. The third kappa shape index (κ3) is 3.81. The number of furan rings is 1. The molecule has 1 amide bonds. The zero-order chi connectivity index (χ0) is 12.8. The fourth-order valence-electron chi connectivity index (χ4n) is 1.28. The Morgan fingerprint density at radius 2 is 2.18 bits per heavy atom. The van der Waals surface area contributed by atoms with Crippen molar-refractivity contribution in [2.75, 3.05) is 19.9 Å². The monoisotopic (exact) mass is 257 g/mol. The number of esters is 1. The van der Waals surface area contributed by atoms with E-state index in [1.165, 1.54) is 18.1 Å². The highest BCUT2D eigenvalue weighted by Gasteiger charge is 2.14. The number of amides is 1. The molecule has 17 heavy (non-hydrogen) atoms. The number of carbonyl (C=O) groups is 2. The Bertz CT molecular complexity index is 402. The average molecular weight is 257 g/mol. The fourth-order valence-corrected chi connectivity index (χ4v) is 1.47. The van der Waals surface area contributed by atoms with Gasteiger partial charge in [-0.3, -0.25) is 4.79 Å². The first-order chi connectivity index (χ1) is 8.08. The first-order valence-corrected chi connectivity index (χ1v) is 5.73. The lowest BCUT2D eigenvalue weighted by Gasteiger charge is -2.14. The molecule has 0 aliphatic heterocycles. The molecule has 0 saturated carbocycles. The molecule has 0 bridgehead atoms. The van der Waals surface area contributed by atoms with Crippen molar-refractivity contribution in [2.24, 2.45) is 0 Å². The van der Waals surface area contributed by atoms with Crippen LogP contribution in [-0.4, -0.2) is 36.7 Å². The molecule has 94 valence electrons. The van der Waals surface area contributed by atoms with Crippen molar-refractivity contribution in [3.63, 3.8) is 0 Å². The van der Waals surface area contributed by atoms with Crippen LogP contribution in [0.1, 0.15) is 22.7 Å². The second kappa shape index (κ2) is 6.34. The number of thiol groups is 1. The minimum atomic E-state index is -0.527.